The van der Waals surface area contributed by atoms with E-state index in [2.05, 4.69) is 10.5 Å². The number of hydrogen-bond donors (Lipinski definition) is 1. The van der Waals surface area contributed by atoms with E-state index in [1.54, 1.807) is 6.92 Å². The Morgan fingerprint density at radius 3 is 2.28 bits per heavy atom. The number of amides is 1. The van der Waals surface area contributed by atoms with Gasteiger partial charge in [0.25, 0.3) is 16.0 Å². The summed E-state index contributed by atoms with van der Waals surface area (Å²) in [7, 11) is -3.85. The summed E-state index contributed by atoms with van der Waals surface area (Å²) in [4.78, 5) is 12.5. The Morgan fingerprint density at radius 1 is 1.21 bits per heavy atom. The predicted molar refractivity (Wildman–Crippen MR) is 98.3 cm³/mol. The van der Waals surface area contributed by atoms with Crippen LogP contribution >= 0.6 is 0 Å². The first-order valence-electron chi connectivity index (χ1n) is 8.61. The molecule has 1 heterocycles. The van der Waals surface area contributed by atoms with E-state index in [-0.39, 0.29) is 34.5 Å². The molecule has 1 N–H and O–H groups in total. The van der Waals surface area contributed by atoms with Crippen molar-refractivity contribution < 1.29 is 35.1 Å². The lowest BCUT2D eigenvalue weighted by molar-refractivity contribution is -0.137. The fraction of sp³-hybridized carbons (Fsp3) is 0.444. The Bertz CT molecular complexity index is 966. The van der Waals surface area contributed by atoms with Gasteiger partial charge in [0.2, 0.25) is 0 Å². The Morgan fingerprint density at radius 2 is 1.79 bits per heavy atom. The van der Waals surface area contributed by atoms with E-state index in [1.807, 2.05) is 13.8 Å². The van der Waals surface area contributed by atoms with Crippen LogP contribution < -0.4 is 5.32 Å². The summed E-state index contributed by atoms with van der Waals surface area (Å²) in [6.45, 7) is 5.02. The Hall–Kier alpha value is -2.40. The van der Waals surface area contributed by atoms with Gasteiger partial charge in [-0.1, -0.05) is 31.1 Å². The molecule has 0 saturated carbocycles. The molecular weight excluding hydrogens is 413 g/mol. The molecule has 0 aliphatic carbocycles. The molecule has 1 aromatic carbocycles. The van der Waals surface area contributed by atoms with Crippen molar-refractivity contribution in [3.05, 3.63) is 41.1 Å². The van der Waals surface area contributed by atoms with Crippen molar-refractivity contribution in [3.63, 3.8) is 0 Å². The van der Waals surface area contributed by atoms with Crippen LogP contribution in [-0.2, 0) is 27.1 Å². The zero-order valence-electron chi connectivity index (χ0n) is 16.2. The second-order valence-corrected chi connectivity index (χ2v) is 8.53. The minimum atomic E-state index is -4.51. The topological polar surface area (TPSA) is 98.5 Å². The standard InChI is InChI=1S/C18H21F3N2O5S/c1-10(2)11(3)22-17(24)15-14(9-27-29(4,25)26)16(28-23-15)12-5-7-13(8-6-12)18(19,20)21/h5-8,10-11H,9H2,1-4H3,(H,22,24)/t11-/m0/s1. The maximum Gasteiger partial charge on any atom is 0.416 e. The molecule has 0 radical (unpaired) electrons. The number of alkyl halides is 3. The summed E-state index contributed by atoms with van der Waals surface area (Å²) in [6, 6.07) is 3.77. The van der Waals surface area contributed by atoms with Crippen molar-refractivity contribution in [2.75, 3.05) is 6.26 Å². The smallest absolute Gasteiger partial charge is 0.355 e. The molecule has 0 fully saturated rings. The molecule has 11 heteroatoms. The molecule has 29 heavy (non-hydrogen) atoms. The molecule has 2 rings (SSSR count). The van der Waals surface area contributed by atoms with Gasteiger partial charge in [0.05, 0.1) is 24.0 Å². The van der Waals surface area contributed by atoms with Gasteiger partial charge in [0, 0.05) is 11.6 Å². The number of halogens is 3. The van der Waals surface area contributed by atoms with Gasteiger partial charge in [-0.05, 0) is 25.0 Å². The van der Waals surface area contributed by atoms with Crippen molar-refractivity contribution in [3.8, 4) is 11.3 Å². The molecule has 1 aromatic heterocycles. The van der Waals surface area contributed by atoms with Gasteiger partial charge in [-0.15, -0.1) is 0 Å². The molecule has 0 spiro atoms. The molecule has 2 aromatic rings. The molecule has 7 nitrogen and oxygen atoms in total. The second-order valence-electron chi connectivity index (χ2n) is 6.89. The largest absolute Gasteiger partial charge is 0.416 e. The molecule has 1 amide bonds. The first-order chi connectivity index (χ1) is 13.3. The SMILES string of the molecule is CC(C)[C@H](C)NC(=O)c1noc(-c2ccc(C(F)(F)F)cc2)c1COS(C)(=O)=O. The Balaban J connectivity index is 2.44. The molecule has 1 atom stereocenters. The van der Waals surface area contributed by atoms with Gasteiger partial charge >= 0.3 is 6.18 Å². The molecule has 0 unspecified atom stereocenters. The van der Waals surface area contributed by atoms with Gasteiger partial charge in [-0.3, -0.25) is 8.98 Å². The van der Waals surface area contributed by atoms with E-state index < -0.39 is 34.4 Å². The number of rotatable bonds is 7. The van der Waals surface area contributed by atoms with Crippen molar-refractivity contribution in [1.82, 2.24) is 10.5 Å². The highest BCUT2D eigenvalue weighted by Crippen LogP contribution is 2.33. The Labute approximate surface area is 166 Å². The fourth-order valence-electron chi connectivity index (χ4n) is 2.27. The molecular formula is C18H21F3N2O5S. The van der Waals surface area contributed by atoms with Gasteiger partial charge in [0.1, 0.15) is 0 Å². The fourth-order valence-corrected chi connectivity index (χ4v) is 2.60. The van der Waals surface area contributed by atoms with Crippen LogP contribution in [0.15, 0.2) is 28.8 Å². The van der Waals surface area contributed by atoms with E-state index >= 15 is 0 Å². The molecule has 160 valence electrons. The van der Waals surface area contributed by atoms with Gasteiger partial charge < -0.3 is 9.84 Å². The predicted octanol–water partition coefficient (Wildman–Crippen LogP) is 3.61. The molecule has 0 aliphatic heterocycles. The van der Waals surface area contributed by atoms with Crippen LogP contribution in [-0.4, -0.2) is 31.8 Å². The third-order valence-corrected chi connectivity index (χ3v) is 4.80. The average molecular weight is 434 g/mol. The third-order valence-electron chi connectivity index (χ3n) is 4.25. The van der Waals surface area contributed by atoms with Crippen LogP contribution in [0.2, 0.25) is 0 Å². The van der Waals surface area contributed by atoms with E-state index in [9.17, 15) is 26.4 Å². The first-order valence-corrected chi connectivity index (χ1v) is 10.4. The molecule has 0 aliphatic rings. The van der Waals surface area contributed by atoms with Crippen LogP contribution in [0, 0.1) is 5.92 Å². The normalized spacial score (nSPS) is 13.5. The van der Waals surface area contributed by atoms with E-state index in [4.69, 9.17) is 8.71 Å². The highest BCUT2D eigenvalue weighted by molar-refractivity contribution is 7.85. The molecule has 0 bridgehead atoms. The first kappa shape index (κ1) is 22.9. The van der Waals surface area contributed by atoms with Crippen molar-refractivity contribution in [2.24, 2.45) is 5.92 Å². The monoisotopic (exact) mass is 434 g/mol. The van der Waals surface area contributed by atoms with E-state index in [0.717, 1.165) is 30.5 Å². The van der Waals surface area contributed by atoms with Crippen molar-refractivity contribution in [1.29, 1.82) is 0 Å². The van der Waals surface area contributed by atoms with Crippen LogP contribution in [0.25, 0.3) is 11.3 Å². The highest BCUT2D eigenvalue weighted by atomic mass is 32.2. The molecule has 0 saturated heterocycles. The maximum atomic E-state index is 12.8. The average Bonchev–Trinajstić information content (AvgIpc) is 3.02. The lowest BCUT2D eigenvalue weighted by Crippen LogP contribution is -2.36. The number of nitrogens with one attached hydrogen (secondary N) is 1. The number of carbonyl (C=O) groups excluding carboxylic acids is 1. The minimum Gasteiger partial charge on any atom is -0.355 e. The summed E-state index contributed by atoms with van der Waals surface area (Å²) in [5.41, 5.74) is -0.855. The van der Waals surface area contributed by atoms with Crippen molar-refractivity contribution >= 4 is 16.0 Å². The van der Waals surface area contributed by atoms with Crippen molar-refractivity contribution in [2.45, 2.75) is 39.6 Å². The lowest BCUT2D eigenvalue weighted by Gasteiger charge is -2.16. The number of benzene rings is 1. The van der Waals surface area contributed by atoms with Gasteiger partial charge in [0.15, 0.2) is 11.5 Å². The van der Waals surface area contributed by atoms with Crippen LogP contribution in [0.4, 0.5) is 13.2 Å². The summed E-state index contributed by atoms with van der Waals surface area (Å²) < 4.78 is 71.0. The summed E-state index contributed by atoms with van der Waals surface area (Å²) in [6.07, 6.45) is -3.68. The van der Waals surface area contributed by atoms with Crippen LogP contribution in [0.1, 0.15) is 42.4 Å². The van der Waals surface area contributed by atoms with E-state index in [1.165, 1.54) is 0 Å². The third kappa shape index (κ3) is 6.04. The number of carbonyl (C=O) groups is 1. The number of aromatic nitrogens is 1. The van der Waals surface area contributed by atoms with Crippen LogP contribution in [0.3, 0.4) is 0 Å². The maximum absolute atomic E-state index is 12.8. The number of hydrogen-bond acceptors (Lipinski definition) is 6. The van der Waals surface area contributed by atoms with Crippen LogP contribution in [0.5, 0.6) is 0 Å². The highest BCUT2D eigenvalue weighted by Gasteiger charge is 2.31. The van der Waals surface area contributed by atoms with Gasteiger partial charge in [-0.25, -0.2) is 0 Å². The zero-order chi connectivity index (χ0) is 22.0. The number of nitrogens with zero attached hydrogens (tertiary/aromatic N) is 1. The summed E-state index contributed by atoms with van der Waals surface area (Å²) in [5, 5.41) is 6.40. The van der Waals surface area contributed by atoms with E-state index in [0.29, 0.717) is 0 Å². The second kappa shape index (κ2) is 8.54. The summed E-state index contributed by atoms with van der Waals surface area (Å²) in [5.74, 6) is -0.541. The quantitative estimate of drug-likeness (QED) is 0.669. The Kier molecular flexibility index (Phi) is 6.74. The summed E-state index contributed by atoms with van der Waals surface area (Å²) >= 11 is 0. The lowest BCUT2D eigenvalue weighted by atomic mass is 10.0. The zero-order valence-corrected chi connectivity index (χ0v) is 17.0. The minimum absolute atomic E-state index is 0.0173. The van der Waals surface area contributed by atoms with Gasteiger partial charge in [-0.2, -0.15) is 21.6 Å².